The quantitative estimate of drug-likeness (QED) is 0.646. The number of piperidine rings is 1. The molecule has 1 aromatic heterocycles. The highest BCUT2D eigenvalue weighted by Gasteiger charge is 2.35. The van der Waals surface area contributed by atoms with E-state index >= 15 is 0 Å². The van der Waals surface area contributed by atoms with Gasteiger partial charge in [-0.25, -0.2) is 8.42 Å². The van der Waals surface area contributed by atoms with E-state index in [2.05, 4.69) is 5.32 Å². The van der Waals surface area contributed by atoms with Gasteiger partial charge in [0.05, 0.1) is 16.5 Å². The SMILES string of the molecule is CN(C)C(CNC(=O)C1CCN(S(=O)(=O)c2cccc(C(F)(F)F)c2)CC1)c1cccs1. The third-order valence-corrected chi connectivity index (χ3v) is 8.46. The Labute approximate surface area is 190 Å². The smallest absolute Gasteiger partial charge is 0.354 e. The van der Waals surface area contributed by atoms with Crippen molar-refractivity contribution in [3.8, 4) is 0 Å². The fraction of sp³-hybridized carbons (Fsp3) is 0.476. The number of nitrogens with one attached hydrogen (secondary N) is 1. The van der Waals surface area contributed by atoms with Crippen molar-refractivity contribution in [1.29, 1.82) is 0 Å². The molecule has 1 atom stereocenters. The monoisotopic (exact) mass is 489 g/mol. The van der Waals surface area contributed by atoms with E-state index in [4.69, 9.17) is 0 Å². The second-order valence-electron chi connectivity index (χ2n) is 7.94. The maximum absolute atomic E-state index is 13.0. The van der Waals surface area contributed by atoms with E-state index in [1.165, 1.54) is 0 Å². The number of hydrogen-bond donors (Lipinski definition) is 1. The van der Waals surface area contributed by atoms with Crippen LogP contribution in [0.15, 0.2) is 46.7 Å². The Morgan fingerprint density at radius 2 is 1.91 bits per heavy atom. The molecule has 32 heavy (non-hydrogen) atoms. The summed E-state index contributed by atoms with van der Waals surface area (Å²) in [5.74, 6) is -0.473. The Bertz CT molecular complexity index is 1020. The number of benzene rings is 1. The van der Waals surface area contributed by atoms with Crippen molar-refractivity contribution in [3.05, 3.63) is 52.2 Å². The zero-order chi connectivity index (χ0) is 23.5. The van der Waals surface area contributed by atoms with Crippen molar-refractivity contribution in [2.45, 2.75) is 30.0 Å². The van der Waals surface area contributed by atoms with Gasteiger partial charge in [-0.05, 0) is 56.6 Å². The molecule has 1 unspecified atom stereocenters. The van der Waals surface area contributed by atoms with Gasteiger partial charge in [0.1, 0.15) is 0 Å². The number of halogens is 3. The largest absolute Gasteiger partial charge is 0.416 e. The number of rotatable bonds is 7. The zero-order valence-electron chi connectivity index (χ0n) is 17.8. The number of alkyl halides is 3. The van der Waals surface area contributed by atoms with Gasteiger partial charge in [0, 0.05) is 30.4 Å². The Kier molecular flexibility index (Phi) is 7.64. The second kappa shape index (κ2) is 9.90. The normalized spacial score (nSPS) is 17.4. The number of hydrogen-bond acceptors (Lipinski definition) is 5. The summed E-state index contributed by atoms with van der Waals surface area (Å²) in [6, 6.07) is 7.75. The fourth-order valence-corrected chi connectivity index (χ4v) is 6.14. The van der Waals surface area contributed by atoms with Gasteiger partial charge in [0.2, 0.25) is 15.9 Å². The molecule has 1 amide bonds. The van der Waals surface area contributed by atoms with Crippen molar-refractivity contribution in [2.24, 2.45) is 5.92 Å². The molecule has 11 heteroatoms. The van der Waals surface area contributed by atoms with E-state index in [9.17, 15) is 26.4 Å². The van der Waals surface area contributed by atoms with Gasteiger partial charge in [0.15, 0.2) is 0 Å². The first-order valence-electron chi connectivity index (χ1n) is 10.1. The molecule has 6 nitrogen and oxygen atoms in total. The maximum atomic E-state index is 13.0. The van der Waals surface area contributed by atoms with Crippen molar-refractivity contribution >= 4 is 27.3 Å². The Balaban J connectivity index is 1.59. The zero-order valence-corrected chi connectivity index (χ0v) is 19.4. The molecule has 2 aromatic rings. The summed E-state index contributed by atoms with van der Waals surface area (Å²) >= 11 is 1.61. The van der Waals surface area contributed by atoms with Crippen LogP contribution in [-0.4, -0.2) is 57.3 Å². The molecule has 1 N–H and O–H groups in total. The van der Waals surface area contributed by atoms with Gasteiger partial charge >= 0.3 is 6.18 Å². The number of nitrogens with zero attached hydrogens (tertiary/aromatic N) is 2. The van der Waals surface area contributed by atoms with Crippen LogP contribution in [0.3, 0.4) is 0 Å². The third kappa shape index (κ3) is 5.69. The molecule has 1 fully saturated rings. The minimum atomic E-state index is -4.62. The second-order valence-corrected chi connectivity index (χ2v) is 10.9. The maximum Gasteiger partial charge on any atom is 0.416 e. The molecule has 1 saturated heterocycles. The highest BCUT2D eigenvalue weighted by atomic mass is 32.2. The fourth-order valence-electron chi connectivity index (χ4n) is 3.70. The molecule has 0 radical (unpaired) electrons. The Morgan fingerprint density at radius 1 is 1.22 bits per heavy atom. The molecule has 0 aliphatic carbocycles. The van der Waals surface area contributed by atoms with Crippen LogP contribution in [0, 0.1) is 5.92 Å². The highest BCUT2D eigenvalue weighted by molar-refractivity contribution is 7.89. The molecule has 1 aliphatic rings. The molecule has 1 aromatic carbocycles. The van der Waals surface area contributed by atoms with Crippen molar-refractivity contribution < 1.29 is 26.4 Å². The Morgan fingerprint density at radius 3 is 2.47 bits per heavy atom. The van der Waals surface area contributed by atoms with Crippen LogP contribution >= 0.6 is 11.3 Å². The summed E-state index contributed by atoms with van der Waals surface area (Å²) in [5, 5.41) is 4.94. The van der Waals surface area contributed by atoms with Crippen molar-refractivity contribution in [1.82, 2.24) is 14.5 Å². The summed E-state index contributed by atoms with van der Waals surface area (Å²) < 4.78 is 65.6. The van der Waals surface area contributed by atoms with E-state index in [1.807, 2.05) is 36.5 Å². The van der Waals surface area contributed by atoms with Crippen LogP contribution in [0.5, 0.6) is 0 Å². The number of sulfonamides is 1. The molecule has 0 bridgehead atoms. The number of thiophene rings is 1. The lowest BCUT2D eigenvalue weighted by Crippen LogP contribution is -2.44. The third-order valence-electron chi connectivity index (χ3n) is 5.59. The molecular weight excluding hydrogens is 463 g/mol. The number of likely N-dealkylation sites (N-methyl/N-ethyl adjacent to an activating group) is 1. The van der Waals surface area contributed by atoms with E-state index in [1.54, 1.807) is 11.3 Å². The molecule has 2 heterocycles. The van der Waals surface area contributed by atoms with Crippen LogP contribution < -0.4 is 5.32 Å². The van der Waals surface area contributed by atoms with Crippen molar-refractivity contribution in [3.63, 3.8) is 0 Å². The van der Waals surface area contributed by atoms with Gasteiger partial charge in [-0.1, -0.05) is 12.1 Å². The van der Waals surface area contributed by atoms with Crippen molar-refractivity contribution in [2.75, 3.05) is 33.7 Å². The lowest BCUT2D eigenvalue weighted by Gasteiger charge is -2.31. The molecule has 0 spiro atoms. The van der Waals surface area contributed by atoms with E-state index in [0.29, 0.717) is 25.5 Å². The average Bonchev–Trinajstić information content (AvgIpc) is 3.27. The van der Waals surface area contributed by atoms with Crippen LogP contribution in [0.4, 0.5) is 13.2 Å². The van der Waals surface area contributed by atoms with Gasteiger partial charge in [-0.3, -0.25) is 4.79 Å². The van der Waals surface area contributed by atoms with Gasteiger partial charge in [-0.2, -0.15) is 17.5 Å². The first-order valence-corrected chi connectivity index (χ1v) is 12.5. The molecule has 1 aliphatic heterocycles. The first-order chi connectivity index (χ1) is 15.0. The van der Waals surface area contributed by atoms with E-state index < -0.39 is 21.8 Å². The predicted octanol–water partition coefficient (Wildman–Crippen LogP) is 3.59. The lowest BCUT2D eigenvalue weighted by atomic mass is 9.97. The minimum Gasteiger partial charge on any atom is -0.354 e. The van der Waals surface area contributed by atoms with Crippen LogP contribution in [0.25, 0.3) is 0 Å². The van der Waals surface area contributed by atoms with Gasteiger partial charge in [-0.15, -0.1) is 11.3 Å². The summed E-state index contributed by atoms with van der Waals surface area (Å²) in [5.41, 5.74) is -1.01. The number of carbonyl (C=O) groups is 1. The number of amides is 1. The molecular formula is C21H26F3N3O3S2. The molecule has 0 saturated carbocycles. The summed E-state index contributed by atoms with van der Waals surface area (Å²) in [6.45, 7) is 0.604. The topological polar surface area (TPSA) is 69.7 Å². The standard InChI is InChI=1S/C21H26F3N3O3S2/c1-26(2)18(19-7-4-12-31-19)14-25-20(28)15-8-10-27(11-9-15)32(29,30)17-6-3-5-16(13-17)21(22,23)24/h3-7,12-13,15,18H,8-11,14H2,1-2H3,(H,25,28). The van der Waals surface area contributed by atoms with Crippen LogP contribution in [0.2, 0.25) is 0 Å². The molecule has 176 valence electrons. The summed E-state index contributed by atoms with van der Waals surface area (Å²) in [7, 11) is -0.188. The summed E-state index contributed by atoms with van der Waals surface area (Å²) in [6.07, 6.45) is -3.99. The van der Waals surface area contributed by atoms with Crippen LogP contribution in [0.1, 0.15) is 29.3 Å². The summed E-state index contributed by atoms with van der Waals surface area (Å²) in [4.78, 5) is 15.4. The highest BCUT2D eigenvalue weighted by Crippen LogP contribution is 2.32. The van der Waals surface area contributed by atoms with Crippen LogP contribution in [-0.2, 0) is 21.0 Å². The molecule has 3 rings (SSSR count). The van der Waals surface area contributed by atoms with E-state index in [0.717, 1.165) is 27.4 Å². The predicted molar refractivity (Wildman–Crippen MR) is 117 cm³/mol. The van der Waals surface area contributed by atoms with Gasteiger partial charge < -0.3 is 10.2 Å². The average molecular weight is 490 g/mol. The first kappa shape index (κ1) is 24.7. The lowest BCUT2D eigenvalue weighted by molar-refractivity contribution is -0.137. The van der Waals surface area contributed by atoms with Gasteiger partial charge in [0.25, 0.3) is 0 Å². The minimum absolute atomic E-state index is 0.0420. The number of carbonyl (C=O) groups excluding carboxylic acids is 1. The Hall–Kier alpha value is -1.95. The van der Waals surface area contributed by atoms with E-state index in [-0.39, 0.29) is 35.9 Å².